The van der Waals surface area contributed by atoms with Crippen LogP contribution in [0.5, 0.6) is 11.5 Å². The molecule has 1 N–H and O–H groups in total. The van der Waals surface area contributed by atoms with Crippen molar-refractivity contribution in [3.05, 3.63) is 95.6 Å². The number of carboxylic acids is 1. The lowest BCUT2D eigenvalue weighted by Gasteiger charge is -2.20. The number of hydrogen-bond acceptors (Lipinski definition) is 5. The minimum Gasteiger partial charge on any atom is -0.497 e. The van der Waals surface area contributed by atoms with Crippen molar-refractivity contribution >= 4 is 11.9 Å². The molecule has 6 heteroatoms. The number of ether oxygens (including phenoxy) is 3. The molecule has 0 saturated carbocycles. The molecule has 0 aliphatic rings. The Bertz CT molecular complexity index is 993. The predicted octanol–water partition coefficient (Wildman–Crippen LogP) is 4.32. The van der Waals surface area contributed by atoms with Gasteiger partial charge < -0.3 is 19.3 Å². The van der Waals surface area contributed by atoms with Crippen LogP contribution in [0.1, 0.15) is 22.6 Å². The first-order valence-corrected chi connectivity index (χ1v) is 10.2. The molecule has 166 valence electrons. The SMILES string of the molecule is COc1ccc(OC)c(CC(C(=O)O)C(=O)OCC(c2ccccc2)c2ccccc2)c1. The van der Waals surface area contributed by atoms with Crippen LogP contribution < -0.4 is 9.47 Å². The van der Waals surface area contributed by atoms with Crippen molar-refractivity contribution in [1.82, 2.24) is 0 Å². The van der Waals surface area contributed by atoms with E-state index in [9.17, 15) is 14.7 Å². The van der Waals surface area contributed by atoms with Gasteiger partial charge in [0.05, 0.1) is 14.2 Å². The molecule has 6 nitrogen and oxygen atoms in total. The highest BCUT2D eigenvalue weighted by Gasteiger charge is 2.30. The number of carboxylic acid groups (broad SMARTS) is 1. The van der Waals surface area contributed by atoms with Crippen molar-refractivity contribution in [2.45, 2.75) is 12.3 Å². The van der Waals surface area contributed by atoms with Gasteiger partial charge in [0.25, 0.3) is 0 Å². The molecule has 0 aliphatic heterocycles. The highest BCUT2D eigenvalue weighted by atomic mass is 16.5. The first-order valence-electron chi connectivity index (χ1n) is 10.2. The van der Waals surface area contributed by atoms with E-state index < -0.39 is 17.9 Å². The van der Waals surface area contributed by atoms with Gasteiger partial charge in [-0.25, -0.2) is 0 Å². The smallest absolute Gasteiger partial charge is 0.320 e. The van der Waals surface area contributed by atoms with Crippen molar-refractivity contribution in [2.24, 2.45) is 5.92 Å². The van der Waals surface area contributed by atoms with Crippen LogP contribution in [0.15, 0.2) is 78.9 Å². The van der Waals surface area contributed by atoms with Crippen LogP contribution in [-0.2, 0) is 20.7 Å². The van der Waals surface area contributed by atoms with Crippen LogP contribution in [0.3, 0.4) is 0 Å². The molecule has 0 radical (unpaired) electrons. The lowest BCUT2D eigenvalue weighted by atomic mass is 9.92. The molecule has 1 atom stereocenters. The molecule has 0 fully saturated rings. The summed E-state index contributed by atoms with van der Waals surface area (Å²) < 4.78 is 16.1. The number of hydrogen-bond donors (Lipinski definition) is 1. The van der Waals surface area contributed by atoms with Gasteiger partial charge in [0.15, 0.2) is 5.92 Å². The van der Waals surface area contributed by atoms with Crippen molar-refractivity contribution in [3.8, 4) is 11.5 Å². The molecule has 3 aromatic carbocycles. The van der Waals surface area contributed by atoms with Crippen molar-refractivity contribution in [3.63, 3.8) is 0 Å². The van der Waals surface area contributed by atoms with Gasteiger partial charge in [-0.2, -0.15) is 0 Å². The summed E-state index contributed by atoms with van der Waals surface area (Å²) in [6, 6.07) is 24.4. The molecule has 1 unspecified atom stereocenters. The van der Waals surface area contributed by atoms with Crippen LogP contribution in [0.4, 0.5) is 0 Å². The summed E-state index contributed by atoms with van der Waals surface area (Å²) in [4.78, 5) is 24.7. The molecule has 0 spiro atoms. The number of carbonyl (C=O) groups excluding carboxylic acids is 1. The molecule has 0 saturated heterocycles. The molecule has 0 aromatic heterocycles. The first kappa shape index (κ1) is 22.9. The van der Waals surface area contributed by atoms with Crippen molar-refractivity contribution in [2.75, 3.05) is 20.8 Å². The zero-order chi connectivity index (χ0) is 22.9. The topological polar surface area (TPSA) is 82.1 Å². The Morgan fingerprint density at radius 3 is 1.94 bits per heavy atom. The zero-order valence-electron chi connectivity index (χ0n) is 18.1. The van der Waals surface area contributed by atoms with E-state index in [0.717, 1.165) is 11.1 Å². The number of rotatable bonds is 10. The number of esters is 1. The van der Waals surface area contributed by atoms with Gasteiger partial charge in [0.1, 0.15) is 18.1 Å². The average Bonchev–Trinajstić information content (AvgIpc) is 2.83. The van der Waals surface area contributed by atoms with Gasteiger partial charge in [-0.1, -0.05) is 60.7 Å². The first-order chi connectivity index (χ1) is 15.5. The third-order valence-electron chi connectivity index (χ3n) is 5.29. The molecule has 32 heavy (non-hydrogen) atoms. The van der Waals surface area contributed by atoms with Gasteiger partial charge in [-0.05, 0) is 34.9 Å². The summed E-state index contributed by atoms with van der Waals surface area (Å²) in [6.45, 7) is 0.0336. The molecule has 0 amide bonds. The molecule has 3 rings (SSSR count). The van der Waals surface area contributed by atoms with Crippen molar-refractivity contribution in [1.29, 1.82) is 0 Å². The Hall–Kier alpha value is -3.80. The third kappa shape index (κ3) is 5.66. The third-order valence-corrected chi connectivity index (χ3v) is 5.29. The summed E-state index contributed by atoms with van der Waals surface area (Å²) in [7, 11) is 3.01. The number of methoxy groups -OCH3 is 2. The average molecular weight is 434 g/mol. The van der Waals surface area contributed by atoms with Crippen LogP contribution in [0, 0.1) is 5.92 Å². The second-order valence-electron chi connectivity index (χ2n) is 7.28. The number of benzene rings is 3. The van der Waals surface area contributed by atoms with E-state index >= 15 is 0 Å². The number of aliphatic carboxylic acids is 1. The van der Waals surface area contributed by atoms with Crippen LogP contribution in [-0.4, -0.2) is 37.9 Å². The summed E-state index contributed by atoms with van der Waals surface area (Å²) >= 11 is 0. The quantitative estimate of drug-likeness (QED) is 0.378. The van der Waals surface area contributed by atoms with E-state index in [4.69, 9.17) is 14.2 Å². The molecular weight excluding hydrogens is 408 g/mol. The van der Waals surface area contributed by atoms with Crippen LogP contribution in [0.25, 0.3) is 0 Å². The second kappa shape index (κ2) is 11.0. The predicted molar refractivity (Wildman–Crippen MR) is 120 cm³/mol. The lowest BCUT2D eigenvalue weighted by Crippen LogP contribution is -2.29. The standard InChI is InChI=1S/C26H26O6/c1-30-21-13-14-24(31-2)20(15-21)16-22(25(27)28)26(29)32-17-23(18-9-5-3-6-10-18)19-11-7-4-8-12-19/h3-15,22-23H,16-17H2,1-2H3,(H,27,28). The molecule has 0 heterocycles. The number of carbonyl (C=O) groups is 2. The lowest BCUT2D eigenvalue weighted by molar-refractivity contribution is -0.158. The monoisotopic (exact) mass is 434 g/mol. The molecular formula is C26H26O6. The van der Waals surface area contributed by atoms with E-state index in [1.165, 1.54) is 14.2 Å². The molecule has 3 aromatic rings. The highest BCUT2D eigenvalue weighted by molar-refractivity contribution is 5.94. The maximum absolute atomic E-state index is 12.8. The fourth-order valence-electron chi connectivity index (χ4n) is 3.55. The summed E-state index contributed by atoms with van der Waals surface area (Å²) in [5.41, 5.74) is 2.51. The minimum atomic E-state index is -1.37. The van der Waals surface area contributed by atoms with E-state index in [1.807, 2.05) is 60.7 Å². The maximum atomic E-state index is 12.8. The Morgan fingerprint density at radius 1 is 0.844 bits per heavy atom. The fraction of sp³-hybridized carbons (Fsp3) is 0.231. The highest BCUT2D eigenvalue weighted by Crippen LogP contribution is 2.28. The molecule has 0 aliphatic carbocycles. The Labute approximate surface area is 187 Å². The summed E-state index contributed by atoms with van der Waals surface area (Å²) in [5, 5.41) is 9.72. The van der Waals surface area contributed by atoms with Crippen LogP contribution >= 0.6 is 0 Å². The maximum Gasteiger partial charge on any atom is 0.320 e. The van der Waals surface area contributed by atoms with E-state index in [1.54, 1.807) is 18.2 Å². The summed E-state index contributed by atoms with van der Waals surface area (Å²) in [5.74, 6) is -2.59. The Balaban J connectivity index is 1.79. The van der Waals surface area contributed by atoms with Crippen LogP contribution in [0.2, 0.25) is 0 Å². The van der Waals surface area contributed by atoms with Gasteiger partial charge in [-0.3, -0.25) is 9.59 Å². The fourth-order valence-corrected chi connectivity index (χ4v) is 3.55. The molecule has 0 bridgehead atoms. The van der Waals surface area contributed by atoms with Gasteiger partial charge in [0, 0.05) is 12.3 Å². The van der Waals surface area contributed by atoms with Gasteiger partial charge in [0.2, 0.25) is 0 Å². The Kier molecular flexibility index (Phi) is 7.86. The van der Waals surface area contributed by atoms with E-state index in [0.29, 0.717) is 17.1 Å². The summed E-state index contributed by atoms with van der Waals surface area (Å²) in [6.07, 6.45) is -0.0735. The van der Waals surface area contributed by atoms with Crippen molar-refractivity contribution < 1.29 is 28.9 Å². The second-order valence-corrected chi connectivity index (χ2v) is 7.28. The van der Waals surface area contributed by atoms with Gasteiger partial charge >= 0.3 is 11.9 Å². The van der Waals surface area contributed by atoms with E-state index in [2.05, 4.69) is 0 Å². The van der Waals surface area contributed by atoms with Gasteiger partial charge in [-0.15, -0.1) is 0 Å². The normalized spacial score (nSPS) is 11.6. The van der Waals surface area contributed by atoms with E-state index in [-0.39, 0.29) is 18.9 Å². The zero-order valence-corrected chi connectivity index (χ0v) is 18.1. The largest absolute Gasteiger partial charge is 0.497 e. The minimum absolute atomic E-state index is 0.0336. The Morgan fingerprint density at radius 2 is 1.44 bits per heavy atom.